The summed E-state index contributed by atoms with van der Waals surface area (Å²) in [6.45, 7) is 6.06. The minimum absolute atomic E-state index is 0.0605. The van der Waals surface area contributed by atoms with Crippen LogP contribution in [0.5, 0.6) is 0 Å². The maximum Gasteiger partial charge on any atom is 0.230 e. The fourth-order valence-electron chi connectivity index (χ4n) is 3.09. The number of thioether (sulfide) groups is 1. The molecule has 1 aliphatic heterocycles. The van der Waals surface area contributed by atoms with Crippen LogP contribution in [0.1, 0.15) is 17.5 Å². The molecule has 1 amide bonds. The topological polar surface area (TPSA) is 63.1 Å². The highest BCUT2D eigenvalue weighted by molar-refractivity contribution is 7.99. The van der Waals surface area contributed by atoms with Crippen LogP contribution >= 0.6 is 11.8 Å². The second-order valence-corrected chi connectivity index (χ2v) is 7.58. The summed E-state index contributed by atoms with van der Waals surface area (Å²) in [5.74, 6) is 0.977. The molecule has 7 heteroatoms. The Morgan fingerprint density at radius 1 is 1.40 bits per heavy atom. The molecule has 0 bridgehead atoms. The number of aryl methyl sites for hydroxylation is 2. The van der Waals surface area contributed by atoms with Crippen LogP contribution in [-0.4, -0.2) is 51.0 Å². The zero-order chi connectivity index (χ0) is 17.6. The molecule has 0 spiro atoms. The SMILES string of the molecule is Cc1ccccc1CN1CC[C@H](CNC(=O)CSc2nncn2C)C1. The van der Waals surface area contributed by atoms with Crippen molar-refractivity contribution in [3.63, 3.8) is 0 Å². The molecule has 0 radical (unpaired) electrons. The van der Waals surface area contributed by atoms with Gasteiger partial charge in [0.2, 0.25) is 5.91 Å². The van der Waals surface area contributed by atoms with Crippen molar-refractivity contribution in [2.24, 2.45) is 13.0 Å². The Morgan fingerprint density at radius 2 is 2.24 bits per heavy atom. The van der Waals surface area contributed by atoms with Crippen molar-refractivity contribution in [3.05, 3.63) is 41.7 Å². The Bertz CT molecular complexity index is 717. The third-order valence-electron chi connectivity index (χ3n) is 4.62. The minimum atomic E-state index is 0.0605. The van der Waals surface area contributed by atoms with E-state index < -0.39 is 0 Å². The van der Waals surface area contributed by atoms with E-state index in [0.29, 0.717) is 11.7 Å². The van der Waals surface area contributed by atoms with Gasteiger partial charge in [-0.15, -0.1) is 10.2 Å². The molecule has 2 heterocycles. The van der Waals surface area contributed by atoms with Crippen molar-refractivity contribution in [1.29, 1.82) is 0 Å². The van der Waals surface area contributed by atoms with E-state index in [1.165, 1.54) is 22.9 Å². The van der Waals surface area contributed by atoms with Crippen LogP contribution in [0.15, 0.2) is 35.7 Å². The smallest absolute Gasteiger partial charge is 0.230 e. The van der Waals surface area contributed by atoms with Crippen molar-refractivity contribution in [1.82, 2.24) is 25.0 Å². The number of rotatable bonds is 7. The molecular weight excluding hydrogens is 334 g/mol. The van der Waals surface area contributed by atoms with Crippen LogP contribution < -0.4 is 5.32 Å². The van der Waals surface area contributed by atoms with Gasteiger partial charge in [-0.3, -0.25) is 9.69 Å². The molecule has 1 aromatic heterocycles. The molecule has 0 aliphatic carbocycles. The van der Waals surface area contributed by atoms with Gasteiger partial charge in [0, 0.05) is 26.7 Å². The molecule has 1 atom stereocenters. The summed E-state index contributed by atoms with van der Waals surface area (Å²) in [6, 6.07) is 8.55. The van der Waals surface area contributed by atoms with Crippen molar-refractivity contribution in [2.45, 2.75) is 25.0 Å². The van der Waals surface area contributed by atoms with Gasteiger partial charge in [0.05, 0.1) is 5.75 Å². The van der Waals surface area contributed by atoms with Gasteiger partial charge in [-0.1, -0.05) is 36.0 Å². The van der Waals surface area contributed by atoms with Gasteiger partial charge in [-0.2, -0.15) is 0 Å². The number of likely N-dealkylation sites (tertiary alicyclic amines) is 1. The van der Waals surface area contributed by atoms with Crippen LogP contribution in [0.4, 0.5) is 0 Å². The summed E-state index contributed by atoms with van der Waals surface area (Å²) >= 11 is 1.42. The molecule has 25 heavy (non-hydrogen) atoms. The second-order valence-electron chi connectivity index (χ2n) is 6.63. The highest BCUT2D eigenvalue weighted by Gasteiger charge is 2.23. The molecular formula is C18H25N5OS. The summed E-state index contributed by atoms with van der Waals surface area (Å²) in [5, 5.41) is 11.6. The van der Waals surface area contributed by atoms with E-state index in [0.717, 1.165) is 37.8 Å². The molecule has 1 aromatic carbocycles. The van der Waals surface area contributed by atoms with Gasteiger partial charge in [-0.25, -0.2) is 0 Å². The highest BCUT2D eigenvalue weighted by Crippen LogP contribution is 2.20. The van der Waals surface area contributed by atoms with Crippen LogP contribution in [-0.2, 0) is 18.4 Å². The summed E-state index contributed by atoms with van der Waals surface area (Å²) in [7, 11) is 1.88. The third kappa shape index (κ3) is 5.06. The lowest BCUT2D eigenvalue weighted by molar-refractivity contribution is -0.118. The predicted octanol–water partition coefficient (Wildman–Crippen LogP) is 1.85. The quantitative estimate of drug-likeness (QED) is 0.765. The summed E-state index contributed by atoms with van der Waals surface area (Å²) < 4.78 is 1.82. The Balaban J connectivity index is 1.37. The number of nitrogens with one attached hydrogen (secondary N) is 1. The molecule has 1 aliphatic rings. The molecule has 1 N–H and O–H groups in total. The summed E-state index contributed by atoms with van der Waals surface area (Å²) in [4.78, 5) is 14.5. The van der Waals surface area contributed by atoms with Gasteiger partial charge in [0.25, 0.3) is 0 Å². The molecule has 0 unspecified atom stereocenters. The fourth-order valence-corrected chi connectivity index (χ4v) is 3.81. The van der Waals surface area contributed by atoms with E-state index in [1.54, 1.807) is 6.33 Å². The first-order valence-electron chi connectivity index (χ1n) is 8.62. The molecule has 1 saturated heterocycles. The average molecular weight is 359 g/mol. The van der Waals surface area contributed by atoms with Gasteiger partial charge in [-0.05, 0) is 36.9 Å². The first-order valence-corrected chi connectivity index (χ1v) is 9.60. The average Bonchev–Trinajstić information content (AvgIpc) is 3.22. The summed E-state index contributed by atoms with van der Waals surface area (Å²) in [5.41, 5.74) is 2.74. The monoisotopic (exact) mass is 359 g/mol. The van der Waals surface area contributed by atoms with Crippen LogP contribution in [0.2, 0.25) is 0 Å². The lowest BCUT2D eigenvalue weighted by Crippen LogP contribution is -2.32. The summed E-state index contributed by atoms with van der Waals surface area (Å²) in [6.07, 6.45) is 2.78. The van der Waals surface area contributed by atoms with Crippen molar-refractivity contribution in [2.75, 3.05) is 25.4 Å². The van der Waals surface area contributed by atoms with E-state index in [4.69, 9.17) is 0 Å². The standard InChI is InChI=1S/C18H25N5OS/c1-14-5-3-4-6-16(14)11-23-8-7-15(10-23)9-19-17(24)12-25-18-21-20-13-22(18)2/h3-6,13,15H,7-12H2,1-2H3,(H,19,24)/t15-/m1/s1. The largest absolute Gasteiger partial charge is 0.355 e. The molecule has 134 valence electrons. The maximum atomic E-state index is 12.0. The number of hydrogen-bond acceptors (Lipinski definition) is 5. The Morgan fingerprint density at radius 3 is 3.00 bits per heavy atom. The molecule has 6 nitrogen and oxygen atoms in total. The maximum absolute atomic E-state index is 12.0. The Kier molecular flexibility index (Phi) is 6.09. The predicted molar refractivity (Wildman–Crippen MR) is 99.3 cm³/mol. The van der Waals surface area contributed by atoms with Crippen LogP contribution in [0.3, 0.4) is 0 Å². The number of carbonyl (C=O) groups excluding carboxylic acids is 1. The number of aromatic nitrogens is 3. The molecule has 1 fully saturated rings. The number of hydrogen-bond donors (Lipinski definition) is 1. The zero-order valence-electron chi connectivity index (χ0n) is 14.8. The highest BCUT2D eigenvalue weighted by atomic mass is 32.2. The Hall–Kier alpha value is -1.86. The molecule has 3 rings (SSSR count). The van der Waals surface area contributed by atoms with Crippen molar-refractivity contribution in [3.8, 4) is 0 Å². The first-order chi connectivity index (χ1) is 12.1. The van der Waals surface area contributed by atoms with E-state index in [9.17, 15) is 4.79 Å². The van der Waals surface area contributed by atoms with E-state index in [-0.39, 0.29) is 5.91 Å². The first kappa shape index (κ1) is 17.9. The Labute approximate surface area is 153 Å². The number of carbonyl (C=O) groups is 1. The van der Waals surface area contributed by atoms with E-state index in [1.807, 2.05) is 11.6 Å². The zero-order valence-corrected chi connectivity index (χ0v) is 15.6. The van der Waals surface area contributed by atoms with E-state index in [2.05, 4.69) is 51.6 Å². The van der Waals surface area contributed by atoms with Gasteiger partial charge < -0.3 is 9.88 Å². The molecule has 2 aromatic rings. The minimum Gasteiger partial charge on any atom is -0.355 e. The second kappa shape index (κ2) is 8.49. The lowest BCUT2D eigenvalue weighted by atomic mass is 10.1. The van der Waals surface area contributed by atoms with Crippen molar-refractivity contribution < 1.29 is 4.79 Å². The van der Waals surface area contributed by atoms with Gasteiger partial charge in [0.1, 0.15) is 6.33 Å². The third-order valence-corrected chi connectivity index (χ3v) is 5.65. The number of nitrogens with zero attached hydrogens (tertiary/aromatic N) is 4. The van der Waals surface area contributed by atoms with Crippen LogP contribution in [0.25, 0.3) is 0 Å². The number of amides is 1. The molecule has 0 saturated carbocycles. The normalized spacial score (nSPS) is 17.8. The van der Waals surface area contributed by atoms with E-state index >= 15 is 0 Å². The fraction of sp³-hybridized carbons (Fsp3) is 0.500. The van der Waals surface area contributed by atoms with Crippen molar-refractivity contribution >= 4 is 17.7 Å². The number of benzene rings is 1. The van der Waals surface area contributed by atoms with Gasteiger partial charge in [0.15, 0.2) is 5.16 Å². The lowest BCUT2D eigenvalue weighted by Gasteiger charge is -2.17. The van der Waals surface area contributed by atoms with Gasteiger partial charge >= 0.3 is 0 Å². The van der Waals surface area contributed by atoms with Crippen LogP contribution in [0, 0.1) is 12.8 Å².